The Balaban J connectivity index is 1.02. The molecule has 7 rings (SSSR count). The summed E-state index contributed by atoms with van der Waals surface area (Å²) in [5.74, 6) is 1.20. The molecule has 0 N–H and O–H groups in total. The number of aromatic nitrogens is 1. The van der Waals surface area contributed by atoms with Gasteiger partial charge in [-0.3, -0.25) is 19.5 Å². The molecule has 236 valence electrons. The number of carbonyl (C=O) groups is 3. The van der Waals surface area contributed by atoms with E-state index in [9.17, 15) is 18.8 Å². The second kappa shape index (κ2) is 11.8. The quantitative estimate of drug-likeness (QED) is 0.206. The van der Waals surface area contributed by atoms with E-state index in [4.69, 9.17) is 14.2 Å². The molecule has 3 heterocycles. The average Bonchev–Trinajstić information content (AvgIpc) is 3.66. The minimum Gasteiger partial charge on any atom is -0.493 e. The van der Waals surface area contributed by atoms with Crippen LogP contribution in [0.3, 0.4) is 0 Å². The van der Waals surface area contributed by atoms with Crippen LogP contribution in [0, 0.1) is 11.2 Å². The highest BCUT2D eigenvalue weighted by atomic mass is 19.1. The number of carbonyl (C=O) groups excluding carboxylic acids is 3. The van der Waals surface area contributed by atoms with Crippen molar-refractivity contribution in [2.75, 3.05) is 27.2 Å². The number of hydrogen-bond acceptors (Lipinski definition) is 8. The van der Waals surface area contributed by atoms with Gasteiger partial charge in [0, 0.05) is 55.7 Å². The van der Waals surface area contributed by atoms with Crippen molar-refractivity contribution >= 4 is 28.6 Å². The van der Waals surface area contributed by atoms with Gasteiger partial charge in [-0.05, 0) is 73.8 Å². The van der Waals surface area contributed by atoms with E-state index >= 15 is 0 Å². The Kier molecular flexibility index (Phi) is 7.68. The van der Waals surface area contributed by atoms with Gasteiger partial charge in [0.25, 0.3) is 0 Å². The molecule has 2 saturated heterocycles. The molecule has 1 aliphatic carbocycles. The largest absolute Gasteiger partial charge is 0.493 e. The third-order valence-corrected chi connectivity index (χ3v) is 9.54. The number of likely N-dealkylation sites (N-methyl/N-ethyl adjacent to an activating group) is 1. The number of likely N-dealkylation sites (tertiary alicyclic amines) is 2. The predicted molar refractivity (Wildman–Crippen MR) is 168 cm³/mol. The lowest BCUT2D eigenvalue weighted by Crippen LogP contribution is -2.48. The Labute approximate surface area is 265 Å². The Bertz CT molecular complexity index is 1820. The van der Waals surface area contributed by atoms with Crippen molar-refractivity contribution in [3.05, 3.63) is 89.9 Å². The van der Waals surface area contributed by atoms with E-state index in [1.165, 1.54) is 19.2 Å². The van der Waals surface area contributed by atoms with E-state index in [0.29, 0.717) is 64.9 Å². The maximum atomic E-state index is 13.2. The van der Waals surface area contributed by atoms with Crippen molar-refractivity contribution in [2.45, 2.75) is 44.2 Å². The number of Topliss-reactive ketones (excluding diaryl/α,β-unsaturated/α-hetero) is 2. The summed E-state index contributed by atoms with van der Waals surface area (Å²) in [6, 6.07) is 18.7. The second-order valence-corrected chi connectivity index (χ2v) is 12.5. The van der Waals surface area contributed by atoms with E-state index in [1.807, 2.05) is 12.1 Å². The predicted octanol–water partition coefficient (Wildman–Crippen LogP) is 5.77. The van der Waals surface area contributed by atoms with E-state index in [1.54, 1.807) is 53.6 Å². The zero-order valence-electron chi connectivity index (χ0n) is 25.7. The van der Waals surface area contributed by atoms with Gasteiger partial charge in [-0.15, -0.1) is 0 Å². The molecule has 3 fully saturated rings. The smallest absolute Gasteiger partial charge is 0.415 e. The fourth-order valence-corrected chi connectivity index (χ4v) is 6.65. The van der Waals surface area contributed by atoms with Crippen LogP contribution in [0.25, 0.3) is 10.9 Å². The lowest BCUT2D eigenvalue weighted by Gasteiger charge is -2.31. The fourth-order valence-electron chi connectivity index (χ4n) is 6.65. The molecule has 1 amide bonds. The van der Waals surface area contributed by atoms with E-state index in [2.05, 4.69) is 16.9 Å². The molecule has 3 aromatic carbocycles. The first-order chi connectivity index (χ1) is 22.2. The summed E-state index contributed by atoms with van der Waals surface area (Å²) in [4.78, 5) is 47.8. The number of piperazine rings is 1. The number of ether oxygens (including phenoxy) is 3. The van der Waals surface area contributed by atoms with E-state index in [-0.39, 0.29) is 36.3 Å². The number of fused-ring (bicyclic) bond motifs is 3. The molecule has 0 radical (unpaired) electrons. The number of hydrogen-bond donors (Lipinski definition) is 0. The highest BCUT2D eigenvalue weighted by Gasteiger charge is 2.54. The highest BCUT2D eigenvalue weighted by Crippen LogP contribution is 2.49. The minimum absolute atomic E-state index is 0.0958. The average molecular weight is 624 g/mol. The number of nitrogens with zero attached hydrogens (tertiary/aromatic N) is 3. The molecule has 0 unspecified atom stereocenters. The number of ketones is 2. The van der Waals surface area contributed by atoms with Gasteiger partial charge in [-0.25, -0.2) is 9.18 Å². The lowest BCUT2D eigenvalue weighted by atomic mass is 9.88. The SMILES string of the molecule is COc1cc2c(Oc3ccc(CC(=O)C4(C(=O)Cc5ccc(F)cc5)CC4)cc3)ccnc2cc1OC(=O)N1C[C@H]2C[C@@H]1CN2C. The molecule has 46 heavy (non-hydrogen) atoms. The zero-order valence-corrected chi connectivity index (χ0v) is 25.7. The van der Waals surface area contributed by atoms with Crippen LogP contribution in [0.4, 0.5) is 9.18 Å². The summed E-state index contributed by atoms with van der Waals surface area (Å²) < 4.78 is 30.8. The van der Waals surface area contributed by atoms with Gasteiger partial charge in [0.15, 0.2) is 23.1 Å². The Hall–Kier alpha value is -4.83. The third-order valence-electron chi connectivity index (χ3n) is 9.54. The van der Waals surface area contributed by atoms with Gasteiger partial charge in [-0.1, -0.05) is 24.3 Å². The van der Waals surface area contributed by atoms with Crippen molar-refractivity contribution in [1.29, 1.82) is 0 Å². The first-order valence-corrected chi connectivity index (χ1v) is 15.5. The van der Waals surface area contributed by atoms with Gasteiger partial charge >= 0.3 is 6.09 Å². The summed E-state index contributed by atoms with van der Waals surface area (Å²) in [5.41, 5.74) is 1.11. The van der Waals surface area contributed by atoms with Crippen molar-refractivity contribution in [3.8, 4) is 23.0 Å². The van der Waals surface area contributed by atoms with E-state index in [0.717, 1.165) is 18.5 Å². The molecule has 0 spiro atoms. The van der Waals surface area contributed by atoms with Gasteiger partial charge in [0.2, 0.25) is 0 Å². The molecule has 1 aromatic heterocycles. The topological polar surface area (TPSA) is 98.3 Å². The number of rotatable bonds is 10. The highest BCUT2D eigenvalue weighted by molar-refractivity contribution is 6.11. The number of pyridine rings is 1. The fraction of sp³-hybridized carbons (Fsp3) is 0.333. The maximum absolute atomic E-state index is 13.2. The van der Waals surface area contributed by atoms with Crippen molar-refractivity contribution in [3.63, 3.8) is 0 Å². The van der Waals surface area contributed by atoms with Gasteiger partial charge in [0.05, 0.1) is 18.0 Å². The van der Waals surface area contributed by atoms with Crippen LogP contribution in [0.2, 0.25) is 0 Å². The molecular formula is C36H34FN3O6. The number of benzene rings is 3. The van der Waals surface area contributed by atoms with Gasteiger partial charge in [-0.2, -0.15) is 0 Å². The summed E-state index contributed by atoms with van der Waals surface area (Å²) >= 11 is 0. The first kappa shape index (κ1) is 29.9. The third kappa shape index (κ3) is 5.69. The number of amides is 1. The van der Waals surface area contributed by atoms with Crippen molar-refractivity contribution in [2.24, 2.45) is 5.41 Å². The van der Waals surface area contributed by atoms with Gasteiger partial charge < -0.3 is 19.1 Å². The lowest BCUT2D eigenvalue weighted by molar-refractivity contribution is -0.133. The zero-order chi connectivity index (χ0) is 32.0. The molecule has 9 nitrogen and oxygen atoms in total. The van der Waals surface area contributed by atoms with Crippen LogP contribution in [-0.4, -0.2) is 71.8 Å². The van der Waals surface area contributed by atoms with Crippen LogP contribution in [0.5, 0.6) is 23.0 Å². The molecule has 2 bridgehead atoms. The van der Waals surface area contributed by atoms with Crippen LogP contribution in [-0.2, 0) is 22.4 Å². The van der Waals surface area contributed by atoms with E-state index < -0.39 is 11.5 Å². The van der Waals surface area contributed by atoms with Crippen LogP contribution < -0.4 is 14.2 Å². The second-order valence-electron chi connectivity index (χ2n) is 12.5. The van der Waals surface area contributed by atoms with Crippen molar-refractivity contribution in [1.82, 2.24) is 14.8 Å². The minimum atomic E-state index is -0.948. The summed E-state index contributed by atoms with van der Waals surface area (Å²) in [5, 5.41) is 0.676. The van der Waals surface area contributed by atoms with Crippen LogP contribution in [0.1, 0.15) is 30.4 Å². The maximum Gasteiger partial charge on any atom is 0.415 e. The summed E-state index contributed by atoms with van der Waals surface area (Å²) in [6.07, 6.45) is 3.53. The Morgan fingerprint density at radius 2 is 1.54 bits per heavy atom. The monoisotopic (exact) mass is 623 g/mol. The molecule has 1 saturated carbocycles. The van der Waals surface area contributed by atoms with Crippen LogP contribution >= 0.6 is 0 Å². The summed E-state index contributed by atoms with van der Waals surface area (Å²) in [6.45, 7) is 1.49. The number of methoxy groups -OCH3 is 1. The van der Waals surface area contributed by atoms with Crippen LogP contribution in [0.15, 0.2) is 72.9 Å². The Morgan fingerprint density at radius 1 is 0.870 bits per heavy atom. The summed E-state index contributed by atoms with van der Waals surface area (Å²) in [7, 11) is 3.60. The standard InChI is InChI=1S/C36H34FN3O6/c1-39-20-26-17-25(39)21-40(26)35(43)46-32-19-29-28(18-31(32)44-2)30(11-14-38-29)45-27-9-5-23(6-10-27)16-34(42)36(12-13-36)33(41)15-22-3-7-24(37)8-4-22/h3-11,14,18-19,25-26H,12-13,15-17,20-21H2,1-2H3/t25-,26-/m1/s1. The molecule has 10 heteroatoms. The molecule has 2 aliphatic heterocycles. The van der Waals surface area contributed by atoms with Gasteiger partial charge in [0.1, 0.15) is 17.3 Å². The first-order valence-electron chi connectivity index (χ1n) is 15.5. The normalized spacial score (nSPS) is 19.7. The molecular weight excluding hydrogens is 589 g/mol. The number of halogens is 1. The molecule has 2 atom stereocenters. The molecule has 4 aromatic rings. The van der Waals surface area contributed by atoms with Crippen molar-refractivity contribution < 1.29 is 33.0 Å². The Morgan fingerprint density at radius 3 is 2.13 bits per heavy atom. The molecule has 3 aliphatic rings.